The van der Waals surface area contributed by atoms with Crippen molar-refractivity contribution in [2.75, 3.05) is 27.2 Å². The molecule has 0 radical (unpaired) electrons. The SMILES string of the molecule is Cc1nc(OCCCN(C)C)ccc1Br. The van der Waals surface area contributed by atoms with Crippen LogP contribution in [-0.2, 0) is 0 Å². The van der Waals surface area contributed by atoms with Gasteiger partial charge in [-0.25, -0.2) is 4.98 Å². The first kappa shape index (κ1) is 12.5. The minimum Gasteiger partial charge on any atom is -0.478 e. The van der Waals surface area contributed by atoms with Gasteiger partial charge in [0.2, 0.25) is 5.88 Å². The summed E-state index contributed by atoms with van der Waals surface area (Å²) in [6, 6.07) is 3.84. The van der Waals surface area contributed by atoms with Gasteiger partial charge in [-0.15, -0.1) is 0 Å². The molecule has 0 spiro atoms. The lowest BCUT2D eigenvalue weighted by Crippen LogP contribution is -2.15. The van der Waals surface area contributed by atoms with Crippen molar-refractivity contribution >= 4 is 15.9 Å². The van der Waals surface area contributed by atoms with Crippen molar-refractivity contribution in [2.45, 2.75) is 13.3 Å². The third kappa shape index (κ3) is 4.62. The van der Waals surface area contributed by atoms with Crippen LogP contribution in [0.3, 0.4) is 0 Å². The van der Waals surface area contributed by atoms with Crippen LogP contribution in [0.15, 0.2) is 16.6 Å². The Bertz CT molecular complexity index is 315. The number of ether oxygens (including phenoxy) is 1. The van der Waals surface area contributed by atoms with E-state index in [2.05, 4.69) is 39.9 Å². The van der Waals surface area contributed by atoms with E-state index >= 15 is 0 Å². The fourth-order valence-corrected chi connectivity index (χ4v) is 1.38. The molecule has 0 fully saturated rings. The van der Waals surface area contributed by atoms with Crippen LogP contribution in [0.4, 0.5) is 0 Å². The van der Waals surface area contributed by atoms with Crippen LogP contribution in [0.1, 0.15) is 12.1 Å². The maximum absolute atomic E-state index is 5.53. The maximum atomic E-state index is 5.53. The molecule has 3 nitrogen and oxygen atoms in total. The van der Waals surface area contributed by atoms with E-state index in [1.54, 1.807) is 0 Å². The first-order valence-electron chi connectivity index (χ1n) is 5.00. The Morgan fingerprint density at radius 3 is 2.73 bits per heavy atom. The van der Waals surface area contributed by atoms with Crippen molar-refractivity contribution in [3.8, 4) is 5.88 Å². The van der Waals surface area contributed by atoms with E-state index in [9.17, 15) is 0 Å². The number of pyridine rings is 1. The van der Waals surface area contributed by atoms with Gasteiger partial charge in [0.1, 0.15) is 0 Å². The van der Waals surface area contributed by atoms with E-state index in [-0.39, 0.29) is 0 Å². The fraction of sp³-hybridized carbons (Fsp3) is 0.545. The molecular formula is C11H17BrN2O. The molecule has 0 bridgehead atoms. The van der Waals surface area contributed by atoms with Crippen LogP contribution in [0, 0.1) is 6.92 Å². The van der Waals surface area contributed by atoms with Gasteiger partial charge in [0.25, 0.3) is 0 Å². The lowest BCUT2D eigenvalue weighted by Gasteiger charge is -2.10. The van der Waals surface area contributed by atoms with Crippen molar-refractivity contribution in [1.82, 2.24) is 9.88 Å². The smallest absolute Gasteiger partial charge is 0.213 e. The fourth-order valence-electron chi connectivity index (χ4n) is 1.16. The molecule has 1 aromatic heterocycles. The largest absolute Gasteiger partial charge is 0.478 e. The van der Waals surface area contributed by atoms with Gasteiger partial charge >= 0.3 is 0 Å². The monoisotopic (exact) mass is 272 g/mol. The van der Waals surface area contributed by atoms with E-state index in [1.165, 1.54) is 0 Å². The number of aromatic nitrogens is 1. The predicted molar refractivity (Wildman–Crippen MR) is 65.3 cm³/mol. The molecule has 0 saturated carbocycles. The third-order valence-corrected chi connectivity index (χ3v) is 2.83. The summed E-state index contributed by atoms with van der Waals surface area (Å²) in [4.78, 5) is 6.45. The third-order valence-electron chi connectivity index (χ3n) is 2.00. The van der Waals surface area contributed by atoms with E-state index in [0.29, 0.717) is 12.5 Å². The number of nitrogens with zero attached hydrogens (tertiary/aromatic N) is 2. The quantitative estimate of drug-likeness (QED) is 0.771. The maximum Gasteiger partial charge on any atom is 0.213 e. The first-order chi connectivity index (χ1) is 7.09. The highest BCUT2D eigenvalue weighted by Gasteiger charge is 1.99. The van der Waals surface area contributed by atoms with E-state index in [1.807, 2.05) is 19.1 Å². The number of rotatable bonds is 5. The van der Waals surface area contributed by atoms with Crippen LogP contribution >= 0.6 is 15.9 Å². The van der Waals surface area contributed by atoms with Gasteiger partial charge in [-0.3, -0.25) is 0 Å². The van der Waals surface area contributed by atoms with Crippen molar-refractivity contribution in [1.29, 1.82) is 0 Å². The summed E-state index contributed by atoms with van der Waals surface area (Å²) in [7, 11) is 4.12. The first-order valence-corrected chi connectivity index (χ1v) is 5.79. The molecule has 0 amide bonds. The van der Waals surface area contributed by atoms with Gasteiger partial charge < -0.3 is 9.64 Å². The van der Waals surface area contributed by atoms with Crippen LogP contribution < -0.4 is 4.74 Å². The summed E-state index contributed by atoms with van der Waals surface area (Å²) in [5.74, 6) is 0.703. The van der Waals surface area contributed by atoms with Gasteiger partial charge in [0.15, 0.2) is 0 Å². The van der Waals surface area contributed by atoms with E-state index < -0.39 is 0 Å². The molecule has 0 N–H and O–H groups in total. The van der Waals surface area contributed by atoms with E-state index in [4.69, 9.17) is 4.74 Å². The number of hydrogen-bond acceptors (Lipinski definition) is 3. The molecule has 0 saturated heterocycles. The summed E-state index contributed by atoms with van der Waals surface area (Å²) < 4.78 is 6.55. The zero-order valence-electron chi connectivity index (χ0n) is 9.46. The second-order valence-electron chi connectivity index (χ2n) is 3.72. The molecule has 0 unspecified atom stereocenters. The minimum absolute atomic E-state index is 0.703. The van der Waals surface area contributed by atoms with Gasteiger partial charge in [0.05, 0.1) is 12.3 Å². The summed E-state index contributed by atoms with van der Waals surface area (Å²) in [6.07, 6.45) is 1.02. The molecule has 1 heterocycles. The molecule has 0 aliphatic carbocycles. The second kappa shape index (κ2) is 6.08. The summed E-state index contributed by atoms with van der Waals surface area (Å²) in [5.41, 5.74) is 0.958. The minimum atomic E-state index is 0.703. The molecule has 1 aromatic rings. The molecule has 0 aliphatic rings. The normalized spacial score (nSPS) is 10.7. The van der Waals surface area contributed by atoms with E-state index in [0.717, 1.165) is 23.1 Å². The van der Waals surface area contributed by atoms with Crippen LogP contribution in [-0.4, -0.2) is 37.1 Å². The molecular weight excluding hydrogens is 256 g/mol. The van der Waals surface area contributed by atoms with Gasteiger partial charge in [-0.05, 0) is 49.4 Å². The molecule has 0 aromatic carbocycles. The Morgan fingerprint density at radius 2 is 2.13 bits per heavy atom. The van der Waals surface area contributed by atoms with Crippen LogP contribution in [0.25, 0.3) is 0 Å². The average Bonchev–Trinajstić information content (AvgIpc) is 2.18. The highest BCUT2D eigenvalue weighted by atomic mass is 79.9. The second-order valence-corrected chi connectivity index (χ2v) is 4.58. The Hall–Kier alpha value is -0.610. The molecule has 15 heavy (non-hydrogen) atoms. The lowest BCUT2D eigenvalue weighted by molar-refractivity contribution is 0.273. The molecule has 1 rings (SSSR count). The molecule has 4 heteroatoms. The van der Waals surface area contributed by atoms with Crippen LogP contribution in [0.2, 0.25) is 0 Å². The topological polar surface area (TPSA) is 25.4 Å². The predicted octanol–water partition coefficient (Wildman–Crippen LogP) is 2.48. The Balaban J connectivity index is 2.35. The van der Waals surface area contributed by atoms with Gasteiger partial charge in [0, 0.05) is 17.1 Å². The Labute approximate surface area is 99.6 Å². The summed E-state index contributed by atoms with van der Waals surface area (Å²) in [6.45, 7) is 3.71. The highest BCUT2D eigenvalue weighted by molar-refractivity contribution is 9.10. The summed E-state index contributed by atoms with van der Waals surface area (Å²) >= 11 is 3.41. The van der Waals surface area contributed by atoms with Gasteiger partial charge in [-0.1, -0.05) is 0 Å². The zero-order valence-corrected chi connectivity index (χ0v) is 11.0. The Morgan fingerprint density at radius 1 is 1.40 bits per heavy atom. The van der Waals surface area contributed by atoms with Crippen molar-refractivity contribution < 1.29 is 4.74 Å². The number of hydrogen-bond donors (Lipinski definition) is 0. The number of halogens is 1. The summed E-state index contributed by atoms with van der Waals surface area (Å²) in [5, 5.41) is 0. The standard InChI is InChI=1S/C11H17BrN2O/c1-9-10(12)5-6-11(13-9)15-8-4-7-14(2)3/h5-6H,4,7-8H2,1-3H3. The number of aryl methyl sites for hydroxylation is 1. The average molecular weight is 273 g/mol. The highest BCUT2D eigenvalue weighted by Crippen LogP contribution is 2.17. The van der Waals surface area contributed by atoms with Gasteiger partial charge in [-0.2, -0.15) is 0 Å². The molecule has 84 valence electrons. The Kier molecular flexibility index (Phi) is 5.05. The lowest BCUT2D eigenvalue weighted by atomic mass is 10.4. The molecule has 0 aliphatic heterocycles. The van der Waals surface area contributed by atoms with Crippen molar-refractivity contribution in [3.05, 3.63) is 22.3 Å². The van der Waals surface area contributed by atoms with Crippen molar-refractivity contribution in [3.63, 3.8) is 0 Å². The van der Waals surface area contributed by atoms with Crippen molar-refractivity contribution in [2.24, 2.45) is 0 Å². The molecule has 0 atom stereocenters. The zero-order chi connectivity index (χ0) is 11.3. The van der Waals surface area contributed by atoms with Crippen LogP contribution in [0.5, 0.6) is 5.88 Å².